The molecular weight excluding hydrogens is 142 g/mol. The van der Waals surface area contributed by atoms with Crippen LogP contribution in [0.1, 0.15) is 13.3 Å². The van der Waals surface area contributed by atoms with Crippen LogP contribution in [0.5, 0.6) is 0 Å². The van der Waals surface area contributed by atoms with E-state index in [0.29, 0.717) is 5.92 Å². The molecule has 3 nitrogen and oxygen atoms in total. The summed E-state index contributed by atoms with van der Waals surface area (Å²) in [4.78, 5) is 0. The van der Waals surface area contributed by atoms with Crippen LogP contribution in [0.15, 0.2) is 0 Å². The highest BCUT2D eigenvalue weighted by Gasteiger charge is 2.24. The molecule has 0 saturated carbocycles. The van der Waals surface area contributed by atoms with Gasteiger partial charge in [-0.25, -0.2) is 0 Å². The summed E-state index contributed by atoms with van der Waals surface area (Å²) >= 11 is 0. The third kappa shape index (κ3) is 2.43. The van der Waals surface area contributed by atoms with Gasteiger partial charge in [-0.2, -0.15) is 0 Å². The molecular formula is C8H17NO2. The third-order valence-corrected chi connectivity index (χ3v) is 2.05. The Kier molecular flexibility index (Phi) is 3.83. The standard InChI is InChI=1S/C8H17NO2/c1-3-11-8(10-2)7-4-5-9-6-7/h7-9H,3-6H2,1-2H3/t7-,8?/m1/s1. The Bertz CT molecular complexity index is 102. The predicted octanol–water partition coefficient (Wildman–Crippen LogP) is 0.605. The van der Waals surface area contributed by atoms with E-state index in [9.17, 15) is 0 Å². The van der Waals surface area contributed by atoms with Crippen molar-refractivity contribution >= 4 is 0 Å². The van der Waals surface area contributed by atoms with Crippen molar-refractivity contribution in [2.45, 2.75) is 19.6 Å². The van der Waals surface area contributed by atoms with Gasteiger partial charge in [-0.15, -0.1) is 0 Å². The highest BCUT2D eigenvalue weighted by Crippen LogP contribution is 2.15. The van der Waals surface area contributed by atoms with Crippen molar-refractivity contribution in [3.05, 3.63) is 0 Å². The quantitative estimate of drug-likeness (QED) is 0.609. The van der Waals surface area contributed by atoms with E-state index in [1.54, 1.807) is 7.11 Å². The van der Waals surface area contributed by atoms with E-state index >= 15 is 0 Å². The molecule has 0 amide bonds. The number of nitrogens with one attached hydrogen (secondary N) is 1. The molecule has 1 fully saturated rings. The molecule has 0 radical (unpaired) electrons. The average molecular weight is 159 g/mol. The molecule has 1 aliphatic rings. The molecule has 0 aromatic heterocycles. The summed E-state index contributed by atoms with van der Waals surface area (Å²) in [5.74, 6) is 0.542. The second kappa shape index (κ2) is 4.70. The lowest BCUT2D eigenvalue weighted by Gasteiger charge is -2.20. The lowest BCUT2D eigenvalue weighted by Crippen LogP contribution is -2.27. The Morgan fingerprint density at radius 1 is 1.64 bits per heavy atom. The van der Waals surface area contributed by atoms with E-state index in [1.807, 2.05) is 6.92 Å². The Labute approximate surface area is 68.1 Å². The number of ether oxygens (including phenoxy) is 2. The van der Waals surface area contributed by atoms with Crippen LogP contribution < -0.4 is 5.32 Å². The second-order valence-electron chi connectivity index (χ2n) is 2.81. The highest BCUT2D eigenvalue weighted by atomic mass is 16.7. The van der Waals surface area contributed by atoms with Gasteiger partial charge in [0.1, 0.15) is 0 Å². The summed E-state index contributed by atoms with van der Waals surface area (Å²) < 4.78 is 10.6. The van der Waals surface area contributed by atoms with Crippen LogP contribution in [0, 0.1) is 5.92 Å². The predicted molar refractivity (Wildman–Crippen MR) is 43.4 cm³/mol. The monoisotopic (exact) mass is 159 g/mol. The first-order chi connectivity index (χ1) is 5.38. The SMILES string of the molecule is CCOC(OC)[C@@H]1CCNC1. The number of rotatable bonds is 4. The minimum atomic E-state index is -0.00463. The Hall–Kier alpha value is -0.120. The van der Waals surface area contributed by atoms with E-state index in [0.717, 1.165) is 19.7 Å². The summed E-state index contributed by atoms with van der Waals surface area (Å²) in [5.41, 5.74) is 0. The molecule has 0 aromatic rings. The lowest BCUT2D eigenvalue weighted by molar-refractivity contribution is -0.148. The van der Waals surface area contributed by atoms with E-state index < -0.39 is 0 Å². The van der Waals surface area contributed by atoms with Crippen LogP contribution in [0.3, 0.4) is 0 Å². The summed E-state index contributed by atoms with van der Waals surface area (Å²) in [6, 6.07) is 0. The molecule has 0 bridgehead atoms. The van der Waals surface area contributed by atoms with Gasteiger partial charge in [0.25, 0.3) is 0 Å². The van der Waals surface area contributed by atoms with Crippen molar-refractivity contribution in [2.75, 3.05) is 26.8 Å². The van der Waals surface area contributed by atoms with Crippen LogP contribution in [0.2, 0.25) is 0 Å². The van der Waals surface area contributed by atoms with E-state index in [-0.39, 0.29) is 6.29 Å². The van der Waals surface area contributed by atoms with E-state index in [4.69, 9.17) is 9.47 Å². The van der Waals surface area contributed by atoms with Gasteiger partial charge in [0.05, 0.1) is 0 Å². The fraction of sp³-hybridized carbons (Fsp3) is 1.00. The van der Waals surface area contributed by atoms with Gasteiger partial charge in [0, 0.05) is 26.2 Å². The average Bonchev–Trinajstić information content (AvgIpc) is 2.52. The van der Waals surface area contributed by atoms with Crippen molar-refractivity contribution in [1.29, 1.82) is 0 Å². The van der Waals surface area contributed by atoms with Crippen molar-refractivity contribution in [1.82, 2.24) is 5.32 Å². The van der Waals surface area contributed by atoms with E-state index in [1.165, 1.54) is 6.42 Å². The molecule has 11 heavy (non-hydrogen) atoms. The van der Waals surface area contributed by atoms with E-state index in [2.05, 4.69) is 5.32 Å². The normalized spacial score (nSPS) is 27.3. The fourth-order valence-corrected chi connectivity index (χ4v) is 1.47. The maximum absolute atomic E-state index is 5.41. The first-order valence-electron chi connectivity index (χ1n) is 4.23. The fourth-order valence-electron chi connectivity index (χ4n) is 1.47. The van der Waals surface area contributed by atoms with Gasteiger partial charge in [0.15, 0.2) is 6.29 Å². The lowest BCUT2D eigenvalue weighted by atomic mass is 10.1. The maximum Gasteiger partial charge on any atom is 0.161 e. The smallest absolute Gasteiger partial charge is 0.161 e. The second-order valence-corrected chi connectivity index (χ2v) is 2.81. The van der Waals surface area contributed by atoms with Gasteiger partial charge in [-0.05, 0) is 19.9 Å². The molecule has 0 spiro atoms. The van der Waals surface area contributed by atoms with Gasteiger partial charge in [-0.3, -0.25) is 0 Å². The topological polar surface area (TPSA) is 30.5 Å². The molecule has 1 saturated heterocycles. The van der Waals surface area contributed by atoms with Crippen molar-refractivity contribution < 1.29 is 9.47 Å². The molecule has 1 unspecified atom stereocenters. The molecule has 66 valence electrons. The molecule has 1 heterocycles. The summed E-state index contributed by atoms with van der Waals surface area (Å²) in [7, 11) is 1.71. The first kappa shape index (κ1) is 8.97. The molecule has 0 aromatic carbocycles. The summed E-state index contributed by atoms with van der Waals surface area (Å²) in [5, 5.41) is 3.29. The Morgan fingerprint density at radius 2 is 2.45 bits per heavy atom. The molecule has 1 N–H and O–H groups in total. The number of hydrogen-bond donors (Lipinski definition) is 1. The summed E-state index contributed by atoms with van der Waals surface area (Å²) in [6.07, 6.45) is 1.16. The van der Waals surface area contributed by atoms with Crippen LogP contribution in [0.4, 0.5) is 0 Å². The molecule has 2 atom stereocenters. The molecule has 1 aliphatic heterocycles. The van der Waals surface area contributed by atoms with Gasteiger partial charge >= 0.3 is 0 Å². The number of methoxy groups -OCH3 is 1. The zero-order valence-electron chi connectivity index (χ0n) is 7.30. The molecule has 3 heteroatoms. The van der Waals surface area contributed by atoms with Crippen molar-refractivity contribution in [2.24, 2.45) is 5.92 Å². The minimum Gasteiger partial charge on any atom is -0.356 e. The maximum atomic E-state index is 5.41. The first-order valence-corrected chi connectivity index (χ1v) is 4.23. The zero-order chi connectivity index (χ0) is 8.10. The highest BCUT2D eigenvalue weighted by molar-refractivity contribution is 4.73. The largest absolute Gasteiger partial charge is 0.356 e. The van der Waals surface area contributed by atoms with Gasteiger partial charge in [0.2, 0.25) is 0 Å². The van der Waals surface area contributed by atoms with Gasteiger partial charge < -0.3 is 14.8 Å². The van der Waals surface area contributed by atoms with Crippen LogP contribution in [-0.2, 0) is 9.47 Å². The van der Waals surface area contributed by atoms with Gasteiger partial charge in [-0.1, -0.05) is 0 Å². The van der Waals surface area contributed by atoms with Crippen LogP contribution >= 0.6 is 0 Å². The summed E-state index contributed by atoms with van der Waals surface area (Å²) in [6.45, 7) is 4.85. The minimum absolute atomic E-state index is 0.00463. The third-order valence-electron chi connectivity index (χ3n) is 2.05. The van der Waals surface area contributed by atoms with Crippen molar-refractivity contribution in [3.8, 4) is 0 Å². The number of hydrogen-bond acceptors (Lipinski definition) is 3. The van der Waals surface area contributed by atoms with Crippen LogP contribution in [0.25, 0.3) is 0 Å². The molecule has 0 aliphatic carbocycles. The Morgan fingerprint density at radius 3 is 2.91 bits per heavy atom. The zero-order valence-corrected chi connectivity index (χ0v) is 7.30. The molecule has 1 rings (SSSR count). The Balaban J connectivity index is 2.27. The van der Waals surface area contributed by atoms with Crippen molar-refractivity contribution in [3.63, 3.8) is 0 Å². The van der Waals surface area contributed by atoms with Crippen LogP contribution in [-0.4, -0.2) is 33.1 Å².